The lowest BCUT2D eigenvalue weighted by Gasteiger charge is -2.36. The fourth-order valence-corrected chi connectivity index (χ4v) is 5.47. The molecule has 1 saturated heterocycles. The third-order valence-electron chi connectivity index (χ3n) is 7.09. The number of rotatable bonds is 5. The maximum Gasteiger partial charge on any atom is 0.332 e. The monoisotopic (exact) mass is 478 g/mol. The SMILES string of the molecule is CCCNC(=O)c1ccccc1N1C(=O)[C@@H]2Cc3c([nH]c4ccccc34)[C@@H](c3ccccc3)N2C1=O. The molecule has 7 nitrogen and oxygen atoms in total. The van der Waals surface area contributed by atoms with Crippen molar-refractivity contribution in [1.29, 1.82) is 0 Å². The van der Waals surface area contributed by atoms with Crippen LogP contribution in [0.4, 0.5) is 10.5 Å². The van der Waals surface area contributed by atoms with Crippen LogP contribution < -0.4 is 10.2 Å². The van der Waals surface area contributed by atoms with Crippen molar-refractivity contribution >= 4 is 34.4 Å². The molecule has 0 unspecified atom stereocenters. The molecule has 4 amide bonds. The van der Waals surface area contributed by atoms with Crippen molar-refractivity contribution in [2.75, 3.05) is 11.4 Å². The number of benzene rings is 3. The molecule has 3 aromatic carbocycles. The zero-order valence-electron chi connectivity index (χ0n) is 19.9. The number of urea groups is 1. The molecular weight excluding hydrogens is 452 g/mol. The number of nitrogens with zero attached hydrogens (tertiary/aromatic N) is 2. The Kier molecular flexibility index (Phi) is 5.33. The standard InChI is InChI=1S/C29H26N4O3/c1-2-16-30-27(34)20-13-7-9-15-23(20)33-28(35)24-17-21-19-12-6-8-14-22(19)31-25(21)26(32(24)29(33)36)18-10-4-3-5-11-18/h3-15,24,26,31H,2,16-17H2,1H3,(H,30,34)/t24-,26+/m0/s1. The van der Waals surface area contributed by atoms with Crippen molar-refractivity contribution in [2.45, 2.75) is 31.8 Å². The Bertz CT molecular complexity index is 1490. The van der Waals surface area contributed by atoms with Crippen molar-refractivity contribution in [1.82, 2.24) is 15.2 Å². The number of hydrogen-bond acceptors (Lipinski definition) is 3. The average molecular weight is 479 g/mol. The van der Waals surface area contributed by atoms with Crippen LogP contribution in [0.15, 0.2) is 78.9 Å². The summed E-state index contributed by atoms with van der Waals surface area (Å²) in [6.07, 6.45) is 1.20. The van der Waals surface area contributed by atoms with E-state index in [-0.39, 0.29) is 11.8 Å². The Morgan fingerprint density at radius 3 is 2.50 bits per heavy atom. The smallest absolute Gasteiger partial charge is 0.332 e. The Labute approximate surface area is 208 Å². The quantitative estimate of drug-likeness (QED) is 0.405. The lowest BCUT2D eigenvalue weighted by molar-refractivity contribution is -0.120. The number of carbonyl (C=O) groups excluding carboxylic acids is 3. The average Bonchev–Trinajstić information content (AvgIpc) is 3.41. The number of fused-ring (bicyclic) bond motifs is 4. The van der Waals surface area contributed by atoms with E-state index in [1.807, 2.05) is 55.5 Å². The lowest BCUT2D eigenvalue weighted by atomic mass is 9.89. The molecule has 7 heteroatoms. The molecule has 2 aliphatic rings. The minimum Gasteiger partial charge on any atom is -0.356 e. The van der Waals surface area contributed by atoms with Crippen molar-refractivity contribution < 1.29 is 14.4 Å². The van der Waals surface area contributed by atoms with Crippen LogP contribution in [-0.2, 0) is 11.2 Å². The van der Waals surface area contributed by atoms with Gasteiger partial charge in [0.25, 0.3) is 11.8 Å². The first kappa shape index (κ1) is 22.1. The summed E-state index contributed by atoms with van der Waals surface area (Å²) in [6, 6.07) is 23.1. The molecule has 0 spiro atoms. The zero-order chi connectivity index (χ0) is 24.8. The van der Waals surface area contributed by atoms with Gasteiger partial charge in [-0.3, -0.25) is 14.5 Å². The molecule has 1 fully saturated rings. The lowest BCUT2D eigenvalue weighted by Crippen LogP contribution is -2.44. The molecule has 3 heterocycles. The molecular formula is C29H26N4O3. The van der Waals surface area contributed by atoms with Crippen molar-refractivity contribution in [3.8, 4) is 0 Å². The number of imide groups is 1. The van der Waals surface area contributed by atoms with Crippen molar-refractivity contribution in [3.05, 3.63) is 101 Å². The molecule has 6 rings (SSSR count). The van der Waals surface area contributed by atoms with E-state index in [1.165, 1.54) is 4.90 Å². The number of amides is 4. The number of aromatic amines is 1. The van der Waals surface area contributed by atoms with Gasteiger partial charge >= 0.3 is 6.03 Å². The molecule has 0 bridgehead atoms. The highest BCUT2D eigenvalue weighted by Crippen LogP contribution is 2.45. The Morgan fingerprint density at radius 1 is 0.972 bits per heavy atom. The number of H-pyrrole nitrogens is 1. The number of nitrogens with one attached hydrogen (secondary N) is 2. The van der Waals surface area contributed by atoms with Crippen LogP contribution in [0, 0.1) is 0 Å². The summed E-state index contributed by atoms with van der Waals surface area (Å²) in [6.45, 7) is 2.49. The minimum absolute atomic E-state index is 0.297. The normalized spacial score (nSPS) is 18.9. The number of carbonyl (C=O) groups is 3. The topological polar surface area (TPSA) is 85.5 Å². The van der Waals surface area contributed by atoms with Crippen molar-refractivity contribution in [2.24, 2.45) is 0 Å². The summed E-state index contributed by atoms with van der Waals surface area (Å²) in [5.74, 6) is -0.610. The molecule has 36 heavy (non-hydrogen) atoms. The minimum atomic E-state index is -0.666. The molecule has 2 atom stereocenters. The van der Waals surface area contributed by atoms with Gasteiger partial charge in [0.15, 0.2) is 0 Å². The molecule has 4 aromatic rings. The van der Waals surface area contributed by atoms with E-state index < -0.39 is 18.1 Å². The maximum absolute atomic E-state index is 14.0. The second-order valence-electron chi connectivity index (χ2n) is 9.23. The van der Waals surface area contributed by atoms with E-state index in [0.29, 0.717) is 24.2 Å². The van der Waals surface area contributed by atoms with Gasteiger partial charge in [-0.25, -0.2) is 9.69 Å². The van der Waals surface area contributed by atoms with Crippen LogP contribution >= 0.6 is 0 Å². The van der Waals surface area contributed by atoms with Gasteiger partial charge in [0.2, 0.25) is 0 Å². The Morgan fingerprint density at radius 2 is 1.69 bits per heavy atom. The zero-order valence-corrected chi connectivity index (χ0v) is 19.9. The number of para-hydroxylation sites is 2. The number of anilines is 1. The van der Waals surface area contributed by atoms with E-state index in [2.05, 4.69) is 16.4 Å². The predicted octanol–water partition coefficient (Wildman–Crippen LogP) is 4.79. The molecule has 180 valence electrons. The van der Waals surface area contributed by atoms with Gasteiger partial charge in [0.05, 0.1) is 11.3 Å². The molecule has 1 aromatic heterocycles. The second kappa shape index (κ2) is 8.68. The first-order valence-electron chi connectivity index (χ1n) is 12.3. The van der Waals surface area contributed by atoms with Crippen LogP contribution in [0.25, 0.3) is 10.9 Å². The summed E-state index contributed by atoms with van der Waals surface area (Å²) >= 11 is 0. The van der Waals surface area contributed by atoms with E-state index >= 15 is 0 Å². The maximum atomic E-state index is 14.0. The number of hydrogen-bond donors (Lipinski definition) is 2. The summed E-state index contributed by atoms with van der Waals surface area (Å²) in [5, 5.41) is 3.92. The van der Waals surface area contributed by atoms with Crippen LogP contribution in [0.3, 0.4) is 0 Å². The Balaban J connectivity index is 1.48. The van der Waals surface area contributed by atoms with Crippen LogP contribution in [-0.4, -0.2) is 40.3 Å². The third-order valence-corrected chi connectivity index (χ3v) is 7.09. The molecule has 2 N–H and O–H groups in total. The van der Waals surface area contributed by atoms with E-state index in [0.717, 1.165) is 34.1 Å². The summed E-state index contributed by atoms with van der Waals surface area (Å²) in [4.78, 5) is 47.2. The van der Waals surface area contributed by atoms with Gasteiger partial charge in [-0.2, -0.15) is 0 Å². The van der Waals surface area contributed by atoms with Crippen molar-refractivity contribution in [3.63, 3.8) is 0 Å². The Hall–Kier alpha value is -4.39. The molecule has 2 aliphatic heterocycles. The van der Waals surface area contributed by atoms with Crippen LogP contribution in [0.2, 0.25) is 0 Å². The highest BCUT2D eigenvalue weighted by atomic mass is 16.2. The van der Waals surface area contributed by atoms with Gasteiger partial charge < -0.3 is 10.3 Å². The number of aromatic nitrogens is 1. The molecule has 0 radical (unpaired) electrons. The van der Waals surface area contributed by atoms with Gasteiger partial charge in [-0.15, -0.1) is 0 Å². The van der Waals surface area contributed by atoms with Gasteiger partial charge in [-0.1, -0.05) is 67.6 Å². The fourth-order valence-electron chi connectivity index (χ4n) is 5.47. The largest absolute Gasteiger partial charge is 0.356 e. The van der Waals surface area contributed by atoms with E-state index in [1.54, 1.807) is 29.2 Å². The highest BCUT2D eigenvalue weighted by molar-refractivity contribution is 6.24. The summed E-state index contributed by atoms with van der Waals surface area (Å²) in [5.41, 5.74) is 4.52. The molecule has 0 saturated carbocycles. The van der Waals surface area contributed by atoms with Gasteiger partial charge in [0.1, 0.15) is 12.1 Å². The second-order valence-corrected chi connectivity index (χ2v) is 9.23. The van der Waals surface area contributed by atoms with E-state index in [9.17, 15) is 14.4 Å². The summed E-state index contributed by atoms with van der Waals surface area (Å²) < 4.78 is 0. The van der Waals surface area contributed by atoms with Crippen LogP contribution in [0.1, 0.15) is 46.6 Å². The molecule has 0 aliphatic carbocycles. The first-order valence-corrected chi connectivity index (χ1v) is 12.3. The van der Waals surface area contributed by atoms with Gasteiger partial charge in [-0.05, 0) is 35.7 Å². The van der Waals surface area contributed by atoms with Crippen LogP contribution in [0.5, 0.6) is 0 Å². The fraction of sp³-hybridized carbons (Fsp3) is 0.207. The highest BCUT2D eigenvalue weighted by Gasteiger charge is 2.53. The third kappa shape index (κ3) is 3.31. The van der Waals surface area contributed by atoms with E-state index in [4.69, 9.17) is 0 Å². The first-order chi connectivity index (χ1) is 17.6. The predicted molar refractivity (Wildman–Crippen MR) is 138 cm³/mol. The summed E-state index contributed by atoms with van der Waals surface area (Å²) in [7, 11) is 0. The van der Waals surface area contributed by atoms with Gasteiger partial charge in [0, 0.05) is 29.6 Å².